The van der Waals surface area contributed by atoms with Crippen molar-refractivity contribution in [3.63, 3.8) is 0 Å². The highest BCUT2D eigenvalue weighted by molar-refractivity contribution is 9.10. The minimum atomic E-state index is 0.441. The number of furan rings is 1. The second-order valence-electron chi connectivity index (χ2n) is 4.05. The molecule has 2 N–H and O–H groups in total. The second kappa shape index (κ2) is 4.55. The molecule has 3 rings (SSSR count). The van der Waals surface area contributed by atoms with Crippen LogP contribution in [0.5, 0.6) is 0 Å². The predicted molar refractivity (Wildman–Crippen MR) is 74.3 cm³/mol. The van der Waals surface area contributed by atoms with Gasteiger partial charge in [0.05, 0.1) is 11.8 Å². The fraction of sp³-hybridized carbons (Fsp3) is 0.0769. The van der Waals surface area contributed by atoms with E-state index in [2.05, 4.69) is 26.1 Å². The van der Waals surface area contributed by atoms with Gasteiger partial charge < -0.3 is 14.7 Å². The highest BCUT2D eigenvalue weighted by Crippen LogP contribution is 2.28. The first-order valence-electron chi connectivity index (χ1n) is 5.59. The molecule has 2 aromatic heterocycles. The van der Waals surface area contributed by atoms with Gasteiger partial charge >= 0.3 is 0 Å². The molecule has 19 heavy (non-hydrogen) atoms. The van der Waals surface area contributed by atoms with E-state index in [9.17, 15) is 0 Å². The Kier molecular flexibility index (Phi) is 2.87. The van der Waals surface area contributed by atoms with Crippen molar-refractivity contribution < 1.29 is 8.94 Å². The fourth-order valence-electron chi connectivity index (χ4n) is 1.73. The number of nitrogen functional groups attached to an aromatic ring is 1. The lowest BCUT2D eigenvalue weighted by Gasteiger charge is -1.98. The molecule has 6 heteroatoms. The summed E-state index contributed by atoms with van der Waals surface area (Å²) in [6.45, 7) is 1.85. The van der Waals surface area contributed by atoms with E-state index in [-0.39, 0.29) is 0 Å². The number of halogens is 1. The van der Waals surface area contributed by atoms with Crippen molar-refractivity contribution in [2.45, 2.75) is 6.92 Å². The van der Waals surface area contributed by atoms with Crippen LogP contribution >= 0.6 is 15.9 Å². The van der Waals surface area contributed by atoms with Gasteiger partial charge in [-0.15, -0.1) is 0 Å². The number of hydrogen-bond acceptors (Lipinski definition) is 5. The molecule has 0 aliphatic heterocycles. The molecule has 0 unspecified atom stereocenters. The van der Waals surface area contributed by atoms with Gasteiger partial charge in [0.2, 0.25) is 5.82 Å². The van der Waals surface area contributed by atoms with Crippen LogP contribution in [0.25, 0.3) is 22.8 Å². The first-order valence-corrected chi connectivity index (χ1v) is 6.38. The summed E-state index contributed by atoms with van der Waals surface area (Å²) in [6, 6.07) is 7.27. The van der Waals surface area contributed by atoms with Crippen molar-refractivity contribution in [2.75, 3.05) is 5.73 Å². The minimum absolute atomic E-state index is 0.441. The Hall–Kier alpha value is -2.08. The average molecular weight is 320 g/mol. The Morgan fingerprint density at radius 2 is 2.11 bits per heavy atom. The van der Waals surface area contributed by atoms with Crippen LogP contribution in [-0.2, 0) is 0 Å². The number of hydrogen-bond donors (Lipinski definition) is 1. The lowest BCUT2D eigenvalue weighted by molar-refractivity contribution is 0.432. The van der Waals surface area contributed by atoms with E-state index in [0.717, 1.165) is 21.4 Å². The van der Waals surface area contributed by atoms with Gasteiger partial charge in [0.25, 0.3) is 5.89 Å². The highest BCUT2D eigenvalue weighted by Gasteiger charge is 2.14. The normalized spacial score (nSPS) is 10.8. The summed E-state index contributed by atoms with van der Waals surface area (Å²) >= 11 is 3.37. The molecule has 0 aliphatic rings. The van der Waals surface area contributed by atoms with Crippen molar-refractivity contribution in [1.82, 2.24) is 10.1 Å². The third kappa shape index (κ3) is 2.15. The van der Waals surface area contributed by atoms with Crippen molar-refractivity contribution in [2.24, 2.45) is 0 Å². The summed E-state index contributed by atoms with van der Waals surface area (Å²) in [5.74, 6) is 1.70. The van der Waals surface area contributed by atoms with Gasteiger partial charge in [0, 0.05) is 15.7 Å². The molecule has 1 aromatic carbocycles. The molecular weight excluding hydrogens is 310 g/mol. The molecule has 0 fully saturated rings. The van der Waals surface area contributed by atoms with E-state index in [1.165, 1.54) is 0 Å². The second-order valence-corrected chi connectivity index (χ2v) is 4.90. The first kappa shape index (κ1) is 12.0. The molecule has 3 aromatic rings. The molecule has 0 atom stereocenters. The molecule has 2 heterocycles. The van der Waals surface area contributed by atoms with E-state index < -0.39 is 0 Å². The van der Waals surface area contributed by atoms with Gasteiger partial charge in [-0.1, -0.05) is 5.16 Å². The molecule has 0 saturated carbocycles. The smallest absolute Gasteiger partial charge is 0.258 e. The maximum atomic E-state index is 5.74. The Labute approximate surface area is 117 Å². The average Bonchev–Trinajstić information content (AvgIpc) is 3.01. The highest BCUT2D eigenvalue weighted by atomic mass is 79.9. The largest absolute Gasteiger partial charge is 0.469 e. The van der Waals surface area contributed by atoms with Gasteiger partial charge in [-0.3, -0.25) is 0 Å². The Morgan fingerprint density at radius 3 is 2.79 bits per heavy atom. The van der Waals surface area contributed by atoms with Crippen molar-refractivity contribution in [3.8, 4) is 22.8 Å². The standard InChI is InChI=1S/C13H10BrN3O2/c1-7-9(4-5-18-7)12-16-13(19-17-12)8-2-3-11(15)10(14)6-8/h2-6H,15H2,1H3. The number of anilines is 1. The minimum Gasteiger partial charge on any atom is -0.469 e. The third-order valence-corrected chi connectivity index (χ3v) is 3.46. The summed E-state index contributed by atoms with van der Waals surface area (Å²) in [5, 5.41) is 3.96. The van der Waals surface area contributed by atoms with Crippen molar-refractivity contribution in [3.05, 3.63) is 40.8 Å². The number of benzene rings is 1. The Bertz CT molecular complexity index is 733. The van der Waals surface area contributed by atoms with Crippen LogP contribution in [0.1, 0.15) is 5.76 Å². The lowest BCUT2D eigenvalue weighted by Crippen LogP contribution is -1.87. The first-order chi connectivity index (χ1) is 9.15. The van der Waals surface area contributed by atoms with E-state index in [4.69, 9.17) is 14.7 Å². The molecule has 0 aliphatic carbocycles. The Morgan fingerprint density at radius 1 is 1.26 bits per heavy atom. The van der Waals surface area contributed by atoms with Gasteiger partial charge in [-0.05, 0) is 47.1 Å². The van der Waals surface area contributed by atoms with Gasteiger partial charge in [0.1, 0.15) is 5.76 Å². The molecular formula is C13H10BrN3O2. The monoisotopic (exact) mass is 319 g/mol. The van der Waals surface area contributed by atoms with Crippen molar-refractivity contribution in [1.29, 1.82) is 0 Å². The fourth-order valence-corrected chi connectivity index (χ4v) is 2.11. The summed E-state index contributed by atoms with van der Waals surface area (Å²) < 4.78 is 11.3. The van der Waals surface area contributed by atoms with E-state index in [1.54, 1.807) is 12.3 Å². The summed E-state index contributed by atoms with van der Waals surface area (Å²) in [7, 11) is 0. The summed E-state index contributed by atoms with van der Waals surface area (Å²) in [6.07, 6.45) is 1.60. The van der Waals surface area contributed by atoms with Crippen LogP contribution < -0.4 is 5.73 Å². The van der Waals surface area contributed by atoms with Crippen LogP contribution in [-0.4, -0.2) is 10.1 Å². The zero-order valence-electron chi connectivity index (χ0n) is 10.1. The molecule has 0 amide bonds. The molecule has 5 nitrogen and oxygen atoms in total. The van der Waals surface area contributed by atoms with Gasteiger partial charge in [-0.2, -0.15) is 4.98 Å². The number of aromatic nitrogens is 2. The molecule has 0 radical (unpaired) electrons. The number of rotatable bonds is 2. The maximum absolute atomic E-state index is 5.74. The van der Waals surface area contributed by atoms with Gasteiger partial charge in [-0.25, -0.2) is 0 Å². The van der Waals surface area contributed by atoms with E-state index >= 15 is 0 Å². The lowest BCUT2D eigenvalue weighted by atomic mass is 10.2. The number of nitrogens with zero attached hydrogens (tertiary/aromatic N) is 2. The zero-order valence-corrected chi connectivity index (χ0v) is 11.6. The van der Waals surface area contributed by atoms with Crippen LogP contribution in [0, 0.1) is 6.92 Å². The molecule has 0 saturated heterocycles. The Balaban J connectivity index is 2.01. The van der Waals surface area contributed by atoms with Crippen molar-refractivity contribution >= 4 is 21.6 Å². The molecule has 96 valence electrons. The summed E-state index contributed by atoms with van der Waals surface area (Å²) in [5.41, 5.74) is 8.03. The topological polar surface area (TPSA) is 78.1 Å². The predicted octanol–water partition coefficient (Wildman–Crippen LogP) is 3.65. The van der Waals surface area contributed by atoms with Gasteiger partial charge in [0.15, 0.2) is 0 Å². The van der Waals surface area contributed by atoms with Crippen LogP contribution in [0.3, 0.4) is 0 Å². The number of aryl methyl sites for hydroxylation is 1. The van der Waals surface area contributed by atoms with E-state index in [0.29, 0.717) is 17.4 Å². The SMILES string of the molecule is Cc1occc1-c1noc(-c2ccc(N)c(Br)c2)n1. The van der Waals surface area contributed by atoms with Crippen LogP contribution in [0.15, 0.2) is 43.9 Å². The van der Waals surface area contributed by atoms with Crippen LogP contribution in [0.2, 0.25) is 0 Å². The molecule has 0 spiro atoms. The zero-order chi connectivity index (χ0) is 13.4. The third-order valence-electron chi connectivity index (χ3n) is 2.77. The number of nitrogens with two attached hydrogens (primary N) is 1. The summed E-state index contributed by atoms with van der Waals surface area (Å²) in [4.78, 5) is 4.36. The van der Waals surface area contributed by atoms with E-state index in [1.807, 2.05) is 25.1 Å². The quantitative estimate of drug-likeness (QED) is 0.729. The maximum Gasteiger partial charge on any atom is 0.258 e. The molecule has 0 bridgehead atoms. The van der Waals surface area contributed by atoms with Crippen LogP contribution in [0.4, 0.5) is 5.69 Å².